The lowest BCUT2D eigenvalue weighted by atomic mass is 9.61. The highest BCUT2D eigenvalue weighted by molar-refractivity contribution is 5.01. The van der Waals surface area contributed by atoms with Gasteiger partial charge in [0.05, 0.1) is 11.7 Å². The number of aliphatic hydroxyl groups is 2. The molecular weight excluding hydrogens is 248 g/mol. The van der Waals surface area contributed by atoms with E-state index in [4.69, 9.17) is 0 Å². The van der Waals surface area contributed by atoms with E-state index >= 15 is 0 Å². The Labute approximate surface area is 125 Å². The van der Waals surface area contributed by atoms with Crippen LogP contribution < -0.4 is 0 Å². The predicted octanol–water partition coefficient (Wildman–Crippen LogP) is 4.14. The SMILES string of the molecule is C[C@H](CCCC(C)(C)O)C1CCC2[C@@H](O)CCC[C@]12C. The standard InChI is InChI=1S/C18H34O2/c1-13(7-5-11-17(2,3)20)14-9-10-15-16(19)8-6-12-18(14,15)4/h13-16,19-20H,5-12H2,1-4H3/t13-,14?,15?,16+,18-/m1/s1. The summed E-state index contributed by atoms with van der Waals surface area (Å²) < 4.78 is 0. The third-order valence-electron chi connectivity index (χ3n) is 6.30. The summed E-state index contributed by atoms with van der Waals surface area (Å²) in [5.74, 6) is 2.03. The average Bonchev–Trinajstić information content (AvgIpc) is 2.66. The lowest BCUT2D eigenvalue weighted by molar-refractivity contribution is -0.0283. The van der Waals surface area contributed by atoms with Crippen LogP contribution in [0.3, 0.4) is 0 Å². The molecular formula is C18H34O2. The summed E-state index contributed by atoms with van der Waals surface area (Å²) in [6.45, 7) is 8.64. The molecule has 2 heteroatoms. The number of fused-ring (bicyclic) bond motifs is 1. The first-order chi connectivity index (χ1) is 9.24. The highest BCUT2D eigenvalue weighted by Gasteiger charge is 2.51. The summed E-state index contributed by atoms with van der Waals surface area (Å²) in [5.41, 5.74) is -0.158. The summed E-state index contributed by atoms with van der Waals surface area (Å²) >= 11 is 0. The molecule has 2 saturated carbocycles. The number of hydrogen-bond donors (Lipinski definition) is 2. The Hall–Kier alpha value is -0.0800. The second-order valence-electron chi connectivity index (χ2n) is 8.44. The lowest BCUT2D eigenvalue weighted by Gasteiger charge is -2.45. The van der Waals surface area contributed by atoms with Crippen LogP contribution in [-0.2, 0) is 0 Å². The number of hydrogen-bond acceptors (Lipinski definition) is 2. The van der Waals surface area contributed by atoms with Crippen molar-refractivity contribution in [1.29, 1.82) is 0 Å². The number of rotatable bonds is 5. The van der Waals surface area contributed by atoms with Crippen molar-refractivity contribution >= 4 is 0 Å². The van der Waals surface area contributed by atoms with E-state index in [9.17, 15) is 10.2 Å². The van der Waals surface area contributed by atoms with Gasteiger partial charge in [-0.2, -0.15) is 0 Å². The molecule has 0 aromatic heterocycles. The maximum absolute atomic E-state index is 10.3. The minimum absolute atomic E-state index is 0.0534. The van der Waals surface area contributed by atoms with Gasteiger partial charge in [-0.3, -0.25) is 0 Å². The van der Waals surface area contributed by atoms with Gasteiger partial charge < -0.3 is 10.2 Å². The third kappa shape index (κ3) is 3.39. The van der Waals surface area contributed by atoms with Crippen LogP contribution in [0.5, 0.6) is 0 Å². The van der Waals surface area contributed by atoms with Crippen molar-refractivity contribution in [3.63, 3.8) is 0 Å². The van der Waals surface area contributed by atoms with E-state index in [-0.39, 0.29) is 6.10 Å². The van der Waals surface area contributed by atoms with Gasteiger partial charge in [0.2, 0.25) is 0 Å². The fourth-order valence-corrected chi connectivity index (χ4v) is 5.18. The molecule has 20 heavy (non-hydrogen) atoms. The molecule has 2 fully saturated rings. The zero-order valence-electron chi connectivity index (χ0n) is 13.9. The van der Waals surface area contributed by atoms with Gasteiger partial charge in [-0.1, -0.05) is 33.1 Å². The Kier molecular flexibility index (Phi) is 4.86. The quantitative estimate of drug-likeness (QED) is 0.795. The molecule has 0 amide bonds. The van der Waals surface area contributed by atoms with E-state index in [1.54, 1.807) is 0 Å². The molecule has 2 aliphatic carbocycles. The fraction of sp³-hybridized carbons (Fsp3) is 1.00. The fourth-order valence-electron chi connectivity index (χ4n) is 5.18. The van der Waals surface area contributed by atoms with Crippen molar-refractivity contribution in [3.05, 3.63) is 0 Å². The van der Waals surface area contributed by atoms with Gasteiger partial charge in [-0.15, -0.1) is 0 Å². The normalized spacial score (nSPS) is 39.6. The molecule has 0 aromatic rings. The maximum Gasteiger partial charge on any atom is 0.0591 e. The zero-order valence-corrected chi connectivity index (χ0v) is 13.9. The Morgan fingerprint density at radius 3 is 2.60 bits per heavy atom. The highest BCUT2D eigenvalue weighted by atomic mass is 16.3. The summed E-state index contributed by atoms with van der Waals surface area (Å²) in [6.07, 6.45) is 9.20. The molecule has 0 aliphatic heterocycles. The summed E-state index contributed by atoms with van der Waals surface area (Å²) in [7, 11) is 0. The van der Waals surface area contributed by atoms with E-state index in [1.165, 1.54) is 32.1 Å². The Morgan fingerprint density at radius 2 is 1.95 bits per heavy atom. The molecule has 0 aromatic carbocycles. The van der Waals surface area contributed by atoms with Crippen LogP contribution in [0, 0.1) is 23.2 Å². The van der Waals surface area contributed by atoms with Gasteiger partial charge in [0.25, 0.3) is 0 Å². The van der Waals surface area contributed by atoms with Crippen LogP contribution in [0.25, 0.3) is 0 Å². The minimum atomic E-state index is -0.525. The molecule has 0 heterocycles. The van der Waals surface area contributed by atoms with Crippen LogP contribution in [0.4, 0.5) is 0 Å². The minimum Gasteiger partial charge on any atom is -0.393 e. The lowest BCUT2D eigenvalue weighted by Crippen LogP contribution is -2.41. The Bertz CT molecular complexity index is 320. The van der Waals surface area contributed by atoms with Crippen LogP contribution in [0.15, 0.2) is 0 Å². The van der Waals surface area contributed by atoms with Crippen LogP contribution >= 0.6 is 0 Å². The maximum atomic E-state index is 10.3. The van der Waals surface area contributed by atoms with Crippen LogP contribution in [0.1, 0.15) is 79.1 Å². The van der Waals surface area contributed by atoms with Crippen molar-refractivity contribution in [2.75, 3.05) is 0 Å². The van der Waals surface area contributed by atoms with Gasteiger partial charge >= 0.3 is 0 Å². The molecule has 0 saturated heterocycles. The molecule has 2 N–H and O–H groups in total. The van der Waals surface area contributed by atoms with Gasteiger partial charge in [0, 0.05) is 0 Å². The Morgan fingerprint density at radius 1 is 1.25 bits per heavy atom. The first kappa shape index (κ1) is 16.3. The van der Waals surface area contributed by atoms with Crippen molar-refractivity contribution in [2.24, 2.45) is 23.2 Å². The second-order valence-corrected chi connectivity index (χ2v) is 8.44. The molecule has 5 atom stereocenters. The third-order valence-corrected chi connectivity index (χ3v) is 6.30. The van der Waals surface area contributed by atoms with E-state index < -0.39 is 5.60 Å². The molecule has 0 spiro atoms. The molecule has 2 unspecified atom stereocenters. The topological polar surface area (TPSA) is 40.5 Å². The average molecular weight is 282 g/mol. The van der Waals surface area contributed by atoms with E-state index in [2.05, 4.69) is 13.8 Å². The molecule has 2 aliphatic rings. The van der Waals surface area contributed by atoms with Gasteiger partial charge in [-0.05, 0) is 69.1 Å². The zero-order chi connectivity index (χ0) is 15.0. The number of aliphatic hydroxyl groups excluding tert-OH is 1. The van der Waals surface area contributed by atoms with Gasteiger partial charge in [0.1, 0.15) is 0 Å². The van der Waals surface area contributed by atoms with Crippen molar-refractivity contribution < 1.29 is 10.2 Å². The van der Waals surface area contributed by atoms with Gasteiger partial charge in [0.15, 0.2) is 0 Å². The smallest absolute Gasteiger partial charge is 0.0591 e. The monoisotopic (exact) mass is 282 g/mol. The predicted molar refractivity (Wildman–Crippen MR) is 83.5 cm³/mol. The van der Waals surface area contributed by atoms with Crippen molar-refractivity contribution in [1.82, 2.24) is 0 Å². The summed E-state index contributed by atoms with van der Waals surface area (Å²) in [4.78, 5) is 0. The van der Waals surface area contributed by atoms with Crippen molar-refractivity contribution in [3.8, 4) is 0 Å². The van der Waals surface area contributed by atoms with E-state index in [1.807, 2.05) is 13.8 Å². The second kappa shape index (κ2) is 5.96. The summed E-state index contributed by atoms with van der Waals surface area (Å²) in [5, 5.41) is 20.1. The molecule has 0 radical (unpaired) electrons. The van der Waals surface area contributed by atoms with Crippen LogP contribution in [0.2, 0.25) is 0 Å². The van der Waals surface area contributed by atoms with Crippen LogP contribution in [-0.4, -0.2) is 21.9 Å². The van der Waals surface area contributed by atoms with Gasteiger partial charge in [-0.25, -0.2) is 0 Å². The van der Waals surface area contributed by atoms with E-state index in [0.29, 0.717) is 11.3 Å². The van der Waals surface area contributed by atoms with E-state index in [0.717, 1.165) is 31.1 Å². The largest absolute Gasteiger partial charge is 0.393 e. The molecule has 2 nitrogen and oxygen atoms in total. The van der Waals surface area contributed by atoms with Crippen molar-refractivity contribution in [2.45, 2.75) is 90.8 Å². The molecule has 0 bridgehead atoms. The summed E-state index contributed by atoms with van der Waals surface area (Å²) in [6, 6.07) is 0. The molecule has 118 valence electrons. The Balaban J connectivity index is 1.92. The highest BCUT2D eigenvalue weighted by Crippen LogP contribution is 2.58. The first-order valence-electron chi connectivity index (χ1n) is 8.64. The molecule has 2 rings (SSSR count). The first-order valence-corrected chi connectivity index (χ1v) is 8.64.